The first-order valence-corrected chi connectivity index (χ1v) is 14.3. The second-order valence-electron chi connectivity index (χ2n) is 10.6. The van der Waals surface area contributed by atoms with E-state index in [-0.39, 0.29) is 24.0 Å². The largest absolute Gasteiger partial charge is 0.487 e. The summed E-state index contributed by atoms with van der Waals surface area (Å²) in [5.41, 5.74) is 1.40. The van der Waals surface area contributed by atoms with E-state index in [0.29, 0.717) is 35.4 Å². The first-order chi connectivity index (χ1) is 17.8. The predicted molar refractivity (Wildman–Crippen MR) is 145 cm³/mol. The minimum atomic E-state index is -0.685. The maximum absolute atomic E-state index is 13.0. The number of fused-ring (bicyclic) bond motifs is 1. The fraction of sp³-hybridized carbons (Fsp3) is 0.556. The van der Waals surface area contributed by atoms with Crippen LogP contribution in [0.4, 0.5) is 0 Å². The number of likely N-dealkylation sites (tertiary alicyclic amines) is 1. The van der Waals surface area contributed by atoms with Crippen LogP contribution < -0.4 is 10.1 Å². The van der Waals surface area contributed by atoms with E-state index in [2.05, 4.69) is 27.1 Å². The molecule has 2 atom stereocenters. The van der Waals surface area contributed by atoms with E-state index in [4.69, 9.17) is 16.3 Å². The minimum Gasteiger partial charge on any atom is -0.487 e. The second-order valence-corrected chi connectivity index (χ2v) is 12.1. The first-order valence-electron chi connectivity index (χ1n) is 13.1. The van der Waals surface area contributed by atoms with Crippen LogP contribution in [0.3, 0.4) is 0 Å². The van der Waals surface area contributed by atoms with E-state index in [9.17, 15) is 15.0 Å². The molecule has 1 aliphatic carbocycles. The van der Waals surface area contributed by atoms with E-state index in [0.717, 1.165) is 61.9 Å². The van der Waals surface area contributed by atoms with E-state index < -0.39 is 5.60 Å². The monoisotopic (exact) mass is 546 g/mol. The molecule has 0 radical (unpaired) electrons. The molecule has 5 rings (SSSR count). The maximum Gasteiger partial charge on any atom is 0.267 e. The predicted octanol–water partition coefficient (Wildman–Crippen LogP) is 4.35. The molecule has 1 saturated carbocycles. The molecule has 10 heteroatoms. The van der Waals surface area contributed by atoms with Crippen molar-refractivity contribution in [2.45, 2.75) is 69.8 Å². The lowest BCUT2D eigenvalue weighted by Crippen LogP contribution is -2.47. The van der Waals surface area contributed by atoms with Gasteiger partial charge >= 0.3 is 0 Å². The number of aliphatic hydroxyl groups excluding tert-OH is 1. The molecule has 1 saturated heterocycles. The summed E-state index contributed by atoms with van der Waals surface area (Å²) >= 11 is 7.27. The number of rotatable bonds is 8. The summed E-state index contributed by atoms with van der Waals surface area (Å²) in [6.45, 7) is 5.00. The molecule has 0 spiro atoms. The van der Waals surface area contributed by atoms with Gasteiger partial charge in [0.1, 0.15) is 18.1 Å². The van der Waals surface area contributed by atoms with Gasteiger partial charge in [-0.25, -0.2) is 4.98 Å². The number of H-pyrrole nitrogens is 1. The highest BCUT2D eigenvalue weighted by atomic mass is 35.5. The summed E-state index contributed by atoms with van der Waals surface area (Å²) in [5.74, 6) is 0.806. The molecule has 1 amide bonds. The van der Waals surface area contributed by atoms with Crippen molar-refractivity contribution >= 4 is 39.7 Å². The molecule has 2 aromatic heterocycles. The fourth-order valence-electron chi connectivity index (χ4n) is 5.48. The van der Waals surface area contributed by atoms with Crippen molar-refractivity contribution in [3.8, 4) is 5.75 Å². The summed E-state index contributed by atoms with van der Waals surface area (Å²) in [4.78, 5) is 22.8. The fourth-order valence-corrected chi connectivity index (χ4v) is 6.24. The van der Waals surface area contributed by atoms with Crippen LogP contribution in [0.2, 0.25) is 4.47 Å². The van der Waals surface area contributed by atoms with Gasteiger partial charge in [-0.05, 0) is 62.6 Å². The van der Waals surface area contributed by atoms with Gasteiger partial charge in [-0.2, -0.15) is 0 Å². The molecule has 4 N–H and O–H groups in total. The SMILES string of the molecule is C[C@H]1CN(CC[C@]2(O)CC[C@@H](NC(=O)c3cc4c(OCc5csc(Cl)n5)cccc4[nH]3)CC2)CC[C@@H]1O. The Morgan fingerprint density at radius 2 is 2.16 bits per heavy atom. The van der Waals surface area contributed by atoms with E-state index >= 15 is 0 Å². The first kappa shape index (κ1) is 26.4. The number of benzene rings is 1. The molecule has 0 bridgehead atoms. The number of carbonyl (C=O) groups is 1. The quantitative estimate of drug-likeness (QED) is 0.334. The average molecular weight is 547 g/mol. The van der Waals surface area contributed by atoms with Crippen molar-refractivity contribution in [2.75, 3.05) is 19.6 Å². The van der Waals surface area contributed by atoms with E-state index in [1.807, 2.05) is 29.6 Å². The zero-order valence-corrected chi connectivity index (χ0v) is 22.7. The smallest absolute Gasteiger partial charge is 0.267 e. The Morgan fingerprint density at radius 3 is 2.89 bits per heavy atom. The van der Waals surface area contributed by atoms with Gasteiger partial charge in [0.05, 0.1) is 17.4 Å². The van der Waals surface area contributed by atoms with Gasteiger partial charge in [-0.15, -0.1) is 11.3 Å². The minimum absolute atomic E-state index is 0.0366. The molecule has 37 heavy (non-hydrogen) atoms. The molecule has 2 aliphatic rings. The standard InChI is InChI=1S/C27H35ClN4O4S/c1-17-14-32(11-7-23(17)33)12-10-27(35)8-5-18(6-9-27)29-25(34)22-13-20-21(31-22)3-2-4-24(20)36-15-19-16-37-26(28)30-19/h2-4,13,16-18,23,31,33,35H,5-12,14-15H2,1H3,(H,29,34)/t17-,18-,23-,27+/m0/s1. The number of nitrogens with one attached hydrogen (secondary N) is 2. The number of aromatic nitrogens is 2. The highest BCUT2D eigenvalue weighted by Crippen LogP contribution is 2.33. The molecule has 3 heterocycles. The van der Waals surface area contributed by atoms with Crippen LogP contribution in [0.1, 0.15) is 61.6 Å². The Labute approximate surface area is 226 Å². The lowest BCUT2D eigenvalue weighted by molar-refractivity contribution is -0.0272. The normalized spacial score (nSPS) is 26.9. The van der Waals surface area contributed by atoms with Crippen molar-refractivity contribution in [1.29, 1.82) is 0 Å². The topological polar surface area (TPSA) is 111 Å². The maximum atomic E-state index is 13.0. The number of hydrogen-bond donors (Lipinski definition) is 4. The van der Waals surface area contributed by atoms with Crippen molar-refractivity contribution in [3.63, 3.8) is 0 Å². The van der Waals surface area contributed by atoms with Crippen molar-refractivity contribution in [1.82, 2.24) is 20.2 Å². The Morgan fingerprint density at radius 1 is 1.35 bits per heavy atom. The molecule has 1 aliphatic heterocycles. The molecule has 3 aromatic rings. The summed E-state index contributed by atoms with van der Waals surface area (Å²) in [5, 5.41) is 26.9. The van der Waals surface area contributed by atoms with Gasteiger partial charge in [0, 0.05) is 42.0 Å². The van der Waals surface area contributed by atoms with Gasteiger partial charge in [-0.3, -0.25) is 4.79 Å². The summed E-state index contributed by atoms with van der Waals surface area (Å²) in [6, 6.07) is 7.54. The highest BCUT2D eigenvalue weighted by Gasteiger charge is 2.35. The summed E-state index contributed by atoms with van der Waals surface area (Å²) in [6.07, 6.45) is 4.18. The Hall–Kier alpha value is -2.17. The van der Waals surface area contributed by atoms with Gasteiger partial charge in [-0.1, -0.05) is 24.6 Å². The molecule has 200 valence electrons. The second kappa shape index (κ2) is 11.3. The zero-order valence-electron chi connectivity index (χ0n) is 21.1. The molecule has 1 aromatic carbocycles. The highest BCUT2D eigenvalue weighted by molar-refractivity contribution is 7.13. The molecular formula is C27H35ClN4O4S. The number of thiazole rings is 1. The van der Waals surface area contributed by atoms with Crippen LogP contribution in [0, 0.1) is 5.92 Å². The van der Waals surface area contributed by atoms with Gasteiger partial charge in [0.25, 0.3) is 5.91 Å². The third kappa shape index (κ3) is 6.46. The number of aliphatic hydroxyl groups is 2. The van der Waals surface area contributed by atoms with Crippen LogP contribution in [-0.4, -0.2) is 68.4 Å². The van der Waals surface area contributed by atoms with E-state index in [1.165, 1.54) is 11.3 Å². The van der Waals surface area contributed by atoms with Crippen molar-refractivity contribution < 1.29 is 19.7 Å². The van der Waals surface area contributed by atoms with Crippen LogP contribution in [0.5, 0.6) is 5.75 Å². The number of ether oxygens (including phenoxy) is 1. The summed E-state index contributed by atoms with van der Waals surface area (Å²) in [7, 11) is 0. The lowest BCUT2D eigenvalue weighted by Gasteiger charge is -2.39. The molecule has 0 unspecified atom stereocenters. The van der Waals surface area contributed by atoms with Crippen molar-refractivity contribution in [3.05, 3.63) is 45.5 Å². The number of halogens is 1. The number of nitrogens with zero attached hydrogens (tertiary/aromatic N) is 2. The number of aromatic amines is 1. The van der Waals surface area contributed by atoms with Gasteiger partial charge in [0.2, 0.25) is 0 Å². The van der Waals surface area contributed by atoms with E-state index in [1.54, 1.807) is 0 Å². The average Bonchev–Trinajstić information content (AvgIpc) is 3.51. The lowest BCUT2D eigenvalue weighted by atomic mass is 9.80. The Kier molecular flexibility index (Phi) is 8.07. The zero-order chi connectivity index (χ0) is 26.0. The number of hydrogen-bond acceptors (Lipinski definition) is 7. The molecule has 8 nitrogen and oxygen atoms in total. The van der Waals surface area contributed by atoms with Crippen LogP contribution in [-0.2, 0) is 6.61 Å². The van der Waals surface area contributed by atoms with Crippen molar-refractivity contribution in [2.24, 2.45) is 5.92 Å². The third-order valence-electron chi connectivity index (χ3n) is 7.86. The van der Waals surface area contributed by atoms with Crippen LogP contribution in [0.25, 0.3) is 10.9 Å². The molecule has 2 fully saturated rings. The van der Waals surface area contributed by atoms with Gasteiger partial charge < -0.3 is 30.2 Å². The number of amides is 1. The Bertz CT molecular complexity index is 1220. The third-order valence-corrected chi connectivity index (χ3v) is 8.88. The summed E-state index contributed by atoms with van der Waals surface area (Å²) < 4.78 is 6.43. The molecular weight excluding hydrogens is 512 g/mol. The Balaban J connectivity index is 1.13. The van der Waals surface area contributed by atoms with Crippen LogP contribution >= 0.6 is 22.9 Å². The number of carbonyl (C=O) groups excluding carboxylic acids is 1. The van der Waals surface area contributed by atoms with Crippen LogP contribution in [0.15, 0.2) is 29.6 Å². The number of piperidine rings is 1. The van der Waals surface area contributed by atoms with Gasteiger partial charge in [0.15, 0.2) is 4.47 Å².